The standard InChI is InChI=1S/C37H73N2O6P/c1-6-8-9-10-11-12-13-14-15-16-17-18-19-20-21-22-23-24-25-26-27-28-29-31-36(40)35(38-37(41)30-7-2)34-45-46(42,43)44-33-32-39(3,4)5/h25-26,29,31,35-36,40H,6-24,27-28,30,32-34H2,1-5H3,(H-,38,41,42,43)/p+1/b26-25+,31-29+. The summed E-state index contributed by atoms with van der Waals surface area (Å²) < 4.78 is 23.0. The number of aliphatic hydroxyl groups excluding tert-OH is 1. The minimum Gasteiger partial charge on any atom is -0.387 e. The summed E-state index contributed by atoms with van der Waals surface area (Å²) in [5.41, 5.74) is 0. The van der Waals surface area contributed by atoms with Crippen LogP contribution in [0.3, 0.4) is 0 Å². The molecule has 0 saturated heterocycles. The van der Waals surface area contributed by atoms with Crippen molar-refractivity contribution < 1.29 is 32.9 Å². The summed E-state index contributed by atoms with van der Waals surface area (Å²) in [6.45, 7) is 4.42. The number of unbranched alkanes of at least 4 members (excludes halogenated alkanes) is 18. The molecule has 0 saturated carbocycles. The van der Waals surface area contributed by atoms with Gasteiger partial charge < -0.3 is 19.8 Å². The van der Waals surface area contributed by atoms with Crippen molar-refractivity contribution in [3.8, 4) is 0 Å². The van der Waals surface area contributed by atoms with Crippen molar-refractivity contribution >= 4 is 13.7 Å². The van der Waals surface area contributed by atoms with Crippen molar-refractivity contribution in [1.29, 1.82) is 0 Å². The van der Waals surface area contributed by atoms with Crippen molar-refractivity contribution in [1.82, 2.24) is 5.32 Å². The normalized spacial score (nSPS) is 15.0. The number of nitrogens with zero attached hydrogens (tertiary/aromatic N) is 1. The first-order chi connectivity index (χ1) is 22.0. The molecule has 3 atom stereocenters. The van der Waals surface area contributed by atoms with E-state index in [9.17, 15) is 19.4 Å². The van der Waals surface area contributed by atoms with Gasteiger partial charge in [0.2, 0.25) is 5.91 Å². The SMILES string of the molecule is CCCCCCCCCCCCCCCCCCC/C=C/CC/C=C/C(O)C(COP(=O)(O)OCC[N+](C)(C)C)NC(=O)CCC. The molecule has 9 heteroatoms. The van der Waals surface area contributed by atoms with Crippen molar-refractivity contribution in [2.45, 2.75) is 167 Å². The maximum absolute atomic E-state index is 12.3. The molecular weight excluding hydrogens is 599 g/mol. The van der Waals surface area contributed by atoms with E-state index in [1.54, 1.807) is 6.08 Å². The first kappa shape index (κ1) is 45.0. The Morgan fingerprint density at radius 2 is 1.20 bits per heavy atom. The molecule has 0 bridgehead atoms. The van der Waals surface area contributed by atoms with Gasteiger partial charge in [0.1, 0.15) is 13.2 Å². The number of phosphoric acid groups is 1. The molecule has 0 aliphatic heterocycles. The Kier molecular flexibility index (Phi) is 29.4. The van der Waals surface area contributed by atoms with Gasteiger partial charge >= 0.3 is 7.82 Å². The number of allylic oxidation sites excluding steroid dienone is 3. The van der Waals surface area contributed by atoms with E-state index in [4.69, 9.17) is 9.05 Å². The molecule has 0 spiro atoms. The van der Waals surface area contributed by atoms with Gasteiger partial charge in [0.15, 0.2) is 0 Å². The zero-order chi connectivity index (χ0) is 34.4. The summed E-state index contributed by atoms with van der Waals surface area (Å²) in [5, 5.41) is 13.4. The van der Waals surface area contributed by atoms with Crippen LogP contribution in [0.1, 0.15) is 155 Å². The number of nitrogens with one attached hydrogen (secondary N) is 1. The second kappa shape index (κ2) is 30.1. The fourth-order valence-corrected chi connectivity index (χ4v) is 5.89. The van der Waals surface area contributed by atoms with Crippen LogP contribution in [0.2, 0.25) is 0 Å². The summed E-state index contributed by atoms with van der Waals surface area (Å²) in [5.74, 6) is -0.241. The number of rotatable bonds is 33. The van der Waals surface area contributed by atoms with E-state index in [-0.39, 0.29) is 19.1 Å². The molecule has 46 heavy (non-hydrogen) atoms. The fourth-order valence-electron chi connectivity index (χ4n) is 5.16. The summed E-state index contributed by atoms with van der Waals surface area (Å²) in [7, 11) is 1.55. The van der Waals surface area contributed by atoms with Crippen LogP contribution in [0, 0.1) is 0 Å². The van der Waals surface area contributed by atoms with Gasteiger partial charge in [-0.15, -0.1) is 0 Å². The summed E-state index contributed by atoms with van der Waals surface area (Å²) in [6.07, 6.45) is 34.1. The third-order valence-corrected chi connectivity index (χ3v) is 9.13. The largest absolute Gasteiger partial charge is 0.472 e. The molecule has 0 radical (unpaired) electrons. The predicted molar refractivity (Wildman–Crippen MR) is 194 cm³/mol. The fraction of sp³-hybridized carbons (Fsp3) is 0.865. The molecule has 0 aromatic heterocycles. The Labute approximate surface area is 284 Å². The highest BCUT2D eigenvalue weighted by atomic mass is 31.2. The molecule has 0 fully saturated rings. The molecule has 0 aliphatic rings. The Morgan fingerprint density at radius 3 is 1.70 bits per heavy atom. The van der Waals surface area contributed by atoms with Crippen LogP contribution >= 0.6 is 7.82 Å². The van der Waals surface area contributed by atoms with Crippen LogP contribution in [0.4, 0.5) is 0 Å². The number of hydrogen-bond donors (Lipinski definition) is 3. The monoisotopic (exact) mass is 674 g/mol. The summed E-state index contributed by atoms with van der Waals surface area (Å²) in [6, 6.07) is -0.854. The van der Waals surface area contributed by atoms with Gasteiger partial charge in [-0.25, -0.2) is 4.57 Å². The molecular formula is C37H74N2O6P+. The molecule has 8 nitrogen and oxygen atoms in total. The van der Waals surface area contributed by atoms with Gasteiger partial charge in [0.05, 0.1) is 39.9 Å². The van der Waals surface area contributed by atoms with Crippen LogP contribution in [-0.4, -0.2) is 73.4 Å². The minimum absolute atomic E-state index is 0.0552. The Bertz CT molecular complexity index is 814. The maximum atomic E-state index is 12.3. The molecule has 0 rings (SSSR count). The van der Waals surface area contributed by atoms with Gasteiger partial charge in [0, 0.05) is 6.42 Å². The van der Waals surface area contributed by atoms with Crippen molar-refractivity contribution in [2.24, 2.45) is 0 Å². The van der Waals surface area contributed by atoms with E-state index in [2.05, 4.69) is 24.4 Å². The Hall–Kier alpha value is -1.02. The lowest BCUT2D eigenvalue weighted by Gasteiger charge is -2.25. The molecule has 3 N–H and O–H groups in total. The van der Waals surface area contributed by atoms with E-state index in [0.717, 1.165) is 19.3 Å². The molecule has 0 aliphatic carbocycles. The number of carbonyl (C=O) groups is 1. The second-order valence-corrected chi connectivity index (χ2v) is 15.4. The number of phosphoric ester groups is 1. The zero-order valence-electron chi connectivity index (χ0n) is 30.6. The van der Waals surface area contributed by atoms with Gasteiger partial charge in [-0.1, -0.05) is 141 Å². The van der Waals surface area contributed by atoms with Crippen LogP contribution in [0.15, 0.2) is 24.3 Å². The third-order valence-electron chi connectivity index (χ3n) is 8.14. The number of likely N-dealkylation sites (N-methyl/N-ethyl adjacent to an activating group) is 1. The van der Waals surface area contributed by atoms with Crippen LogP contribution in [0.5, 0.6) is 0 Å². The van der Waals surface area contributed by atoms with Crippen LogP contribution in [-0.2, 0) is 18.4 Å². The molecule has 272 valence electrons. The second-order valence-electron chi connectivity index (χ2n) is 13.9. The zero-order valence-corrected chi connectivity index (χ0v) is 31.5. The van der Waals surface area contributed by atoms with Gasteiger partial charge in [-0.2, -0.15) is 0 Å². The molecule has 1 amide bonds. The van der Waals surface area contributed by atoms with Gasteiger partial charge in [0.25, 0.3) is 0 Å². The highest BCUT2D eigenvalue weighted by molar-refractivity contribution is 7.47. The lowest BCUT2D eigenvalue weighted by atomic mass is 10.0. The number of aliphatic hydroxyl groups is 1. The predicted octanol–water partition coefficient (Wildman–Crippen LogP) is 9.41. The van der Waals surface area contributed by atoms with Gasteiger partial charge in [-0.05, 0) is 32.1 Å². The number of quaternary nitrogens is 1. The summed E-state index contributed by atoms with van der Waals surface area (Å²) >= 11 is 0. The van der Waals surface area contributed by atoms with E-state index in [0.29, 0.717) is 23.9 Å². The van der Waals surface area contributed by atoms with E-state index in [1.165, 1.54) is 109 Å². The highest BCUT2D eigenvalue weighted by Gasteiger charge is 2.27. The maximum Gasteiger partial charge on any atom is 0.472 e. The quantitative estimate of drug-likeness (QED) is 0.0278. The molecule has 3 unspecified atom stereocenters. The highest BCUT2D eigenvalue weighted by Crippen LogP contribution is 2.43. The topological polar surface area (TPSA) is 105 Å². The van der Waals surface area contributed by atoms with E-state index >= 15 is 0 Å². The first-order valence-corrected chi connectivity index (χ1v) is 20.2. The lowest BCUT2D eigenvalue weighted by molar-refractivity contribution is -0.870. The van der Waals surface area contributed by atoms with Crippen molar-refractivity contribution in [3.63, 3.8) is 0 Å². The minimum atomic E-state index is -4.31. The average Bonchev–Trinajstić information content (AvgIpc) is 2.98. The van der Waals surface area contributed by atoms with Gasteiger partial charge in [-0.3, -0.25) is 13.8 Å². The number of hydrogen-bond acceptors (Lipinski definition) is 5. The molecule has 0 aromatic carbocycles. The molecule has 0 aromatic rings. The van der Waals surface area contributed by atoms with Crippen molar-refractivity contribution in [3.05, 3.63) is 24.3 Å². The van der Waals surface area contributed by atoms with E-state index in [1.807, 2.05) is 34.1 Å². The Balaban J connectivity index is 4.01. The van der Waals surface area contributed by atoms with Crippen molar-refractivity contribution in [2.75, 3.05) is 40.9 Å². The summed E-state index contributed by atoms with van der Waals surface area (Å²) in [4.78, 5) is 22.2. The lowest BCUT2D eigenvalue weighted by Crippen LogP contribution is -2.45. The molecule has 0 heterocycles. The van der Waals surface area contributed by atoms with Crippen LogP contribution in [0.25, 0.3) is 0 Å². The number of carbonyl (C=O) groups excluding carboxylic acids is 1. The average molecular weight is 674 g/mol. The van der Waals surface area contributed by atoms with Crippen LogP contribution < -0.4 is 5.32 Å². The third kappa shape index (κ3) is 31.6. The number of amides is 1. The first-order valence-electron chi connectivity index (χ1n) is 18.7. The Morgan fingerprint density at radius 1 is 0.717 bits per heavy atom. The van der Waals surface area contributed by atoms with E-state index < -0.39 is 20.0 Å². The smallest absolute Gasteiger partial charge is 0.387 e.